The molecule has 1 N–H and O–H groups in total. The number of para-hydroxylation sites is 1. The summed E-state index contributed by atoms with van der Waals surface area (Å²) in [5, 5.41) is 7.58. The van der Waals surface area contributed by atoms with Gasteiger partial charge in [0.15, 0.2) is 0 Å². The summed E-state index contributed by atoms with van der Waals surface area (Å²) >= 11 is 0. The van der Waals surface area contributed by atoms with Crippen LogP contribution in [-0.2, 0) is 0 Å². The summed E-state index contributed by atoms with van der Waals surface area (Å²) in [6.07, 6.45) is 0. The maximum absolute atomic E-state index is 12.7. The molecule has 0 bridgehead atoms. The third-order valence-electron chi connectivity index (χ3n) is 4.16. The Kier molecular flexibility index (Phi) is 4.57. The van der Waals surface area contributed by atoms with E-state index in [4.69, 9.17) is 0 Å². The minimum Gasteiger partial charge on any atom is -0.378 e. The molecule has 5 heteroatoms. The first-order valence-corrected chi connectivity index (χ1v) is 8.18. The van der Waals surface area contributed by atoms with Crippen LogP contribution in [0.15, 0.2) is 54.6 Å². The molecule has 1 heterocycles. The van der Waals surface area contributed by atoms with E-state index in [0.29, 0.717) is 5.56 Å². The van der Waals surface area contributed by atoms with Gasteiger partial charge in [-0.3, -0.25) is 4.79 Å². The number of hydrogen-bond donors (Lipinski definition) is 1. The van der Waals surface area contributed by atoms with E-state index in [1.165, 1.54) is 0 Å². The van der Waals surface area contributed by atoms with Crippen molar-refractivity contribution in [2.75, 3.05) is 24.3 Å². The molecule has 1 aromatic heterocycles. The van der Waals surface area contributed by atoms with Crippen LogP contribution in [0.5, 0.6) is 0 Å². The van der Waals surface area contributed by atoms with E-state index in [9.17, 15) is 4.79 Å². The van der Waals surface area contributed by atoms with Gasteiger partial charge in [0.25, 0.3) is 5.91 Å². The minimum absolute atomic E-state index is 0.137. The first kappa shape index (κ1) is 16.8. The number of hydrogen-bond acceptors (Lipinski definition) is 3. The zero-order valence-corrected chi connectivity index (χ0v) is 14.9. The topological polar surface area (TPSA) is 50.2 Å². The molecule has 1 amide bonds. The molecule has 0 atom stereocenters. The van der Waals surface area contributed by atoms with Crippen molar-refractivity contribution in [3.05, 3.63) is 71.5 Å². The largest absolute Gasteiger partial charge is 0.378 e. The summed E-state index contributed by atoms with van der Waals surface area (Å²) < 4.78 is 1.85. The Hall–Kier alpha value is -3.08. The van der Waals surface area contributed by atoms with E-state index in [1.807, 2.05) is 92.1 Å². The molecule has 0 saturated carbocycles. The molecular formula is C20H22N4O. The van der Waals surface area contributed by atoms with E-state index in [1.54, 1.807) is 0 Å². The van der Waals surface area contributed by atoms with E-state index >= 15 is 0 Å². The third-order valence-corrected chi connectivity index (χ3v) is 4.16. The number of aryl methyl sites for hydroxylation is 1. The van der Waals surface area contributed by atoms with Gasteiger partial charge in [-0.1, -0.05) is 24.3 Å². The van der Waals surface area contributed by atoms with Gasteiger partial charge in [0.1, 0.15) is 0 Å². The summed E-state index contributed by atoms with van der Waals surface area (Å²) in [6.45, 7) is 3.86. The van der Waals surface area contributed by atoms with Crippen LogP contribution in [0, 0.1) is 13.8 Å². The van der Waals surface area contributed by atoms with Crippen molar-refractivity contribution in [3.63, 3.8) is 0 Å². The Balaban J connectivity index is 1.90. The number of nitrogens with zero attached hydrogens (tertiary/aromatic N) is 3. The van der Waals surface area contributed by atoms with Gasteiger partial charge in [0.05, 0.1) is 22.8 Å². The second kappa shape index (κ2) is 6.81. The number of aromatic nitrogens is 2. The van der Waals surface area contributed by atoms with Crippen LogP contribution in [0.1, 0.15) is 21.7 Å². The van der Waals surface area contributed by atoms with Crippen LogP contribution in [0.3, 0.4) is 0 Å². The Labute approximate surface area is 147 Å². The highest BCUT2D eigenvalue weighted by Gasteiger charge is 2.16. The highest BCUT2D eigenvalue weighted by Crippen LogP contribution is 2.24. The van der Waals surface area contributed by atoms with Crippen molar-refractivity contribution in [2.45, 2.75) is 13.8 Å². The predicted molar refractivity (Wildman–Crippen MR) is 102 cm³/mol. The van der Waals surface area contributed by atoms with Gasteiger partial charge >= 0.3 is 0 Å². The Bertz CT molecular complexity index is 897. The lowest BCUT2D eigenvalue weighted by atomic mass is 10.1. The molecule has 3 aromatic rings. The molecule has 0 unspecified atom stereocenters. The number of anilines is 2. The number of carbonyl (C=O) groups is 1. The summed E-state index contributed by atoms with van der Waals surface area (Å²) in [5.74, 6) is -0.137. The van der Waals surface area contributed by atoms with Gasteiger partial charge in [0, 0.05) is 25.3 Å². The standard InChI is InChI=1S/C20H22N4O/c1-14-19(15(2)24(22-14)17-10-6-5-7-11-17)21-20(25)16-9-8-12-18(13-16)23(3)4/h5-13H,1-4H3,(H,21,25). The van der Waals surface area contributed by atoms with Crippen LogP contribution in [0.25, 0.3) is 5.69 Å². The molecule has 0 fully saturated rings. The number of rotatable bonds is 4. The van der Waals surface area contributed by atoms with Crippen molar-refractivity contribution in [1.82, 2.24) is 9.78 Å². The molecule has 0 spiro atoms. The lowest BCUT2D eigenvalue weighted by Crippen LogP contribution is -2.15. The molecule has 2 aromatic carbocycles. The lowest BCUT2D eigenvalue weighted by molar-refractivity contribution is 0.102. The monoisotopic (exact) mass is 334 g/mol. The average molecular weight is 334 g/mol. The Morgan fingerprint density at radius 3 is 2.44 bits per heavy atom. The number of nitrogens with one attached hydrogen (secondary N) is 1. The number of amides is 1. The SMILES string of the molecule is Cc1nn(-c2ccccc2)c(C)c1NC(=O)c1cccc(N(C)C)c1. The smallest absolute Gasteiger partial charge is 0.255 e. The van der Waals surface area contributed by atoms with E-state index in [0.717, 1.165) is 28.5 Å². The van der Waals surface area contributed by atoms with Gasteiger partial charge in [-0.05, 0) is 44.2 Å². The summed E-state index contributed by atoms with van der Waals surface area (Å²) in [5.41, 5.74) is 5.03. The second-order valence-electron chi connectivity index (χ2n) is 6.19. The van der Waals surface area contributed by atoms with Crippen molar-refractivity contribution < 1.29 is 4.79 Å². The van der Waals surface area contributed by atoms with Crippen LogP contribution < -0.4 is 10.2 Å². The first-order valence-electron chi connectivity index (χ1n) is 8.18. The highest BCUT2D eigenvalue weighted by molar-refractivity contribution is 6.05. The molecule has 128 valence electrons. The fraction of sp³-hybridized carbons (Fsp3) is 0.200. The van der Waals surface area contributed by atoms with Crippen LogP contribution >= 0.6 is 0 Å². The van der Waals surface area contributed by atoms with Gasteiger partial charge < -0.3 is 10.2 Å². The van der Waals surface area contributed by atoms with Gasteiger partial charge in [-0.25, -0.2) is 4.68 Å². The highest BCUT2D eigenvalue weighted by atomic mass is 16.1. The molecule has 5 nitrogen and oxygen atoms in total. The van der Waals surface area contributed by atoms with E-state index < -0.39 is 0 Å². The minimum atomic E-state index is -0.137. The Morgan fingerprint density at radius 1 is 1.04 bits per heavy atom. The lowest BCUT2D eigenvalue weighted by Gasteiger charge is -2.13. The van der Waals surface area contributed by atoms with Gasteiger partial charge in [-0.2, -0.15) is 5.10 Å². The predicted octanol–water partition coefficient (Wildman–Crippen LogP) is 3.81. The van der Waals surface area contributed by atoms with Crippen LogP contribution in [0.4, 0.5) is 11.4 Å². The van der Waals surface area contributed by atoms with E-state index in [2.05, 4.69) is 10.4 Å². The molecular weight excluding hydrogens is 312 g/mol. The maximum Gasteiger partial charge on any atom is 0.255 e. The normalized spacial score (nSPS) is 10.6. The zero-order valence-electron chi connectivity index (χ0n) is 14.9. The maximum atomic E-state index is 12.7. The van der Waals surface area contributed by atoms with Crippen molar-refractivity contribution in [2.24, 2.45) is 0 Å². The van der Waals surface area contributed by atoms with Crippen molar-refractivity contribution in [1.29, 1.82) is 0 Å². The number of carbonyl (C=O) groups excluding carboxylic acids is 1. The molecule has 0 aliphatic rings. The quantitative estimate of drug-likeness (QED) is 0.789. The van der Waals surface area contributed by atoms with Crippen molar-refractivity contribution in [3.8, 4) is 5.69 Å². The molecule has 0 saturated heterocycles. The third kappa shape index (κ3) is 3.40. The summed E-state index contributed by atoms with van der Waals surface area (Å²) in [7, 11) is 3.91. The van der Waals surface area contributed by atoms with Crippen LogP contribution in [0.2, 0.25) is 0 Å². The summed E-state index contributed by atoms with van der Waals surface area (Å²) in [4.78, 5) is 14.6. The zero-order chi connectivity index (χ0) is 18.0. The summed E-state index contributed by atoms with van der Waals surface area (Å²) in [6, 6.07) is 17.4. The average Bonchev–Trinajstić information content (AvgIpc) is 2.90. The molecule has 3 rings (SSSR count). The first-order chi connectivity index (χ1) is 12.0. The Morgan fingerprint density at radius 2 is 1.76 bits per heavy atom. The molecule has 0 radical (unpaired) electrons. The van der Waals surface area contributed by atoms with E-state index in [-0.39, 0.29) is 5.91 Å². The van der Waals surface area contributed by atoms with Gasteiger partial charge in [0.2, 0.25) is 0 Å². The molecule has 0 aliphatic heterocycles. The fourth-order valence-electron chi connectivity index (χ4n) is 2.76. The molecule has 25 heavy (non-hydrogen) atoms. The number of benzene rings is 2. The van der Waals surface area contributed by atoms with Crippen molar-refractivity contribution >= 4 is 17.3 Å². The fourth-order valence-corrected chi connectivity index (χ4v) is 2.76. The van der Waals surface area contributed by atoms with Crippen LogP contribution in [-0.4, -0.2) is 29.8 Å². The second-order valence-corrected chi connectivity index (χ2v) is 6.19. The van der Waals surface area contributed by atoms with Gasteiger partial charge in [-0.15, -0.1) is 0 Å². The molecule has 0 aliphatic carbocycles.